The molecule has 126 valence electrons. The van der Waals surface area contributed by atoms with Gasteiger partial charge in [-0.25, -0.2) is 4.79 Å². The monoisotopic (exact) mass is 347 g/mol. The predicted molar refractivity (Wildman–Crippen MR) is 90.1 cm³/mol. The molecule has 0 saturated carbocycles. The van der Waals surface area contributed by atoms with Gasteiger partial charge in [0.15, 0.2) is 0 Å². The standard InChI is InChI=1S/C15H17N5O3S/c16-13(21)10-3-1-7-20(9-10)15(22)17-14-19-18-12(24-14)6-5-11-4-2-8-23-11/h2,4-6,8,10H,1,3,7,9H2,(H2,16,21)(H,17,19,22)/b6-5+. The van der Waals surface area contributed by atoms with Gasteiger partial charge in [0.25, 0.3) is 0 Å². The van der Waals surface area contributed by atoms with Crippen LogP contribution in [-0.4, -0.2) is 40.1 Å². The van der Waals surface area contributed by atoms with Gasteiger partial charge in [0, 0.05) is 13.1 Å². The predicted octanol–water partition coefficient (Wildman–Crippen LogP) is 2.03. The molecule has 1 fully saturated rings. The Balaban J connectivity index is 1.58. The number of furan rings is 1. The smallest absolute Gasteiger partial charge is 0.323 e. The van der Waals surface area contributed by atoms with Crippen molar-refractivity contribution in [3.05, 3.63) is 29.2 Å². The Kier molecular flexibility index (Phi) is 4.90. The summed E-state index contributed by atoms with van der Waals surface area (Å²) in [5.74, 6) is 0.0565. The fourth-order valence-electron chi connectivity index (χ4n) is 2.46. The van der Waals surface area contributed by atoms with Crippen molar-refractivity contribution in [1.29, 1.82) is 0 Å². The molecule has 1 atom stereocenters. The summed E-state index contributed by atoms with van der Waals surface area (Å²) in [4.78, 5) is 25.1. The van der Waals surface area contributed by atoms with E-state index in [0.717, 1.165) is 12.8 Å². The molecule has 24 heavy (non-hydrogen) atoms. The Morgan fingerprint density at radius 1 is 1.42 bits per heavy atom. The number of carbonyl (C=O) groups excluding carboxylic acids is 2. The first-order chi connectivity index (χ1) is 11.6. The third-order valence-electron chi connectivity index (χ3n) is 3.70. The maximum atomic E-state index is 12.3. The lowest BCUT2D eigenvalue weighted by atomic mass is 9.98. The van der Waals surface area contributed by atoms with Crippen molar-refractivity contribution in [2.24, 2.45) is 11.7 Å². The van der Waals surface area contributed by atoms with Gasteiger partial charge in [0.05, 0.1) is 12.2 Å². The minimum atomic E-state index is -0.367. The van der Waals surface area contributed by atoms with Crippen LogP contribution in [0.15, 0.2) is 22.8 Å². The van der Waals surface area contributed by atoms with Gasteiger partial charge in [-0.3, -0.25) is 10.1 Å². The van der Waals surface area contributed by atoms with Crippen LogP contribution in [0.2, 0.25) is 0 Å². The normalized spacial score (nSPS) is 18.0. The Bertz CT molecular complexity index is 740. The molecule has 0 bridgehead atoms. The molecule has 0 spiro atoms. The van der Waals surface area contributed by atoms with Crippen LogP contribution in [0.3, 0.4) is 0 Å². The number of anilines is 1. The fourth-order valence-corrected chi connectivity index (χ4v) is 3.09. The third-order valence-corrected chi connectivity index (χ3v) is 4.50. The number of hydrogen-bond acceptors (Lipinski definition) is 6. The second-order valence-electron chi connectivity index (χ2n) is 5.41. The maximum Gasteiger partial charge on any atom is 0.323 e. The van der Waals surface area contributed by atoms with Gasteiger partial charge in [-0.05, 0) is 37.1 Å². The number of nitrogens with two attached hydrogens (primary N) is 1. The van der Waals surface area contributed by atoms with Gasteiger partial charge in [0.2, 0.25) is 11.0 Å². The summed E-state index contributed by atoms with van der Waals surface area (Å²) in [6.45, 7) is 0.935. The highest BCUT2D eigenvalue weighted by atomic mass is 32.1. The quantitative estimate of drug-likeness (QED) is 0.878. The minimum Gasteiger partial charge on any atom is -0.465 e. The van der Waals surface area contributed by atoms with Crippen LogP contribution in [0, 0.1) is 5.92 Å². The maximum absolute atomic E-state index is 12.3. The van der Waals surface area contributed by atoms with E-state index in [2.05, 4.69) is 15.5 Å². The van der Waals surface area contributed by atoms with E-state index < -0.39 is 0 Å². The second kappa shape index (κ2) is 7.26. The lowest BCUT2D eigenvalue weighted by Gasteiger charge is -2.30. The Morgan fingerprint density at radius 2 is 2.29 bits per heavy atom. The molecule has 3 amide bonds. The SMILES string of the molecule is NC(=O)C1CCCN(C(=O)Nc2nnc(/C=C/c3ccco3)s2)C1. The van der Waals surface area contributed by atoms with E-state index in [0.29, 0.717) is 29.0 Å². The van der Waals surface area contributed by atoms with Gasteiger partial charge in [-0.15, -0.1) is 10.2 Å². The van der Waals surface area contributed by atoms with Crippen LogP contribution in [0.1, 0.15) is 23.6 Å². The number of primary amides is 1. The second-order valence-corrected chi connectivity index (χ2v) is 6.42. The molecule has 1 aliphatic heterocycles. The lowest BCUT2D eigenvalue weighted by Crippen LogP contribution is -2.45. The van der Waals surface area contributed by atoms with Crippen molar-refractivity contribution >= 4 is 40.6 Å². The van der Waals surface area contributed by atoms with Crippen molar-refractivity contribution in [3.63, 3.8) is 0 Å². The zero-order valence-corrected chi connectivity index (χ0v) is 13.7. The number of carbonyl (C=O) groups is 2. The van der Waals surface area contributed by atoms with Crippen molar-refractivity contribution in [3.8, 4) is 0 Å². The topological polar surface area (TPSA) is 114 Å². The van der Waals surface area contributed by atoms with Crippen molar-refractivity contribution < 1.29 is 14.0 Å². The van der Waals surface area contributed by atoms with E-state index in [-0.39, 0.29) is 17.9 Å². The van der Waals surface area contributed by atoms with Crippen LogP contribution in [0.25, 0.3) is 12.2 Å². The molecule has 8 nitrogen and oxygen atoms in total. The molecule has 9 heteroatoms. The zero-order chi connectivity index (χ0) is 16.9. The van der Waals surface area contributed by atoms with Crippen LogP contribution >= 0.6 is 11.3 Å². The number of amides is 3. The minimum absolute atomic E-state index is 0.286. The number of aromatic nitrogens is 2. The summed E-state index contributed by atoms with van der Waals surface area (Å²) in [7, 11) is 0. The van der Waals surface area contributed by atoms with E-state index in [1.165, 1.54) is 11.3 Å². The van der Waals surface area contributed by atoms with Crippen molar-refractivity contribution in [1.82, 2.24) is 15.1 Å². The number of likely N-dealkylation sites (tertiary alicyclic amines) is 1. The molecule has 3 N–H and O–H groups in total. The van der Waals surface area contributed by atoms with Gasteiger partial charge >= 0.3 is 6.03 Å². The van der Waals surface area contributed by atoms with Crippen LogP contribution in [0.5, 0.6) is 0 Å². The first-order valence-electron chi connectivity index (χ1n) is 7.52. The average molecular weight is 347 g/mol. The number of piperidine rings is 1. The highest BCUT2D eigenvalue weighted by Gasteiger charge is 2.27. The van der Waals surface area contributed by atoms with Crippen LogP contribution in [-0.2, 0) is 4.79 Å². The molecule has 3 rings (SSSR count). The molecule has 1 aliphatic rings. The molecule has 0 aliphatic carbocycles. The highest BCUT2D eigenvalue weighted by Crippen LogP contribution is 2.20. The van der Waals surface area contributed by atoms with Crippen molar-refractivity contribution in [2.75, 3.05) is 18.4 Å². The number of nitrogens with zero attached hydrogens (tertiary/aromatic N) is 3. The molecule has 2 aromatic rings. The van der Waals surface area contributed by atoms with Crippen LogP contribution < -0.4 is 11.1 Å². The molecular formula is C15H17N5O3S. The third kappa shape index (κ3) is 3.99. The zero-order valence-electron chi connectivity index (χ0n) is 12.8. The van der Waals surface area contributed by atoms with E-state index >= 15 is 0 Å². The highest BCUT2D eigenvalue weighted by molar-refractivity contribution is 7.16. The summed E-state index contributed by atoms with van der Waals surface area (Å²) >= 11 is 1.25. The first-order valence-corrected chi connectivity index (χ1v) is 8.34. The molecule has 0 aromatic carbocycles. The van der Waals surface area contributed by atoms with Gasteiger partial charge in [0.1, 0.15) is 10.8 Å². The van der Waals surface area contributed by atoms with E-state index in [1.807, 2.05) is 6.07 Å². The summed E-state index contributed by atoms with van der Waals surface area (Å²) < 4.78 is 5.19. The summed E-state index contributed by atoms with van der Waals surface area (Å²) in [5, 5.41) is 11.7. The van der Waals surface area contributed by atoms with Crippen LogP contribution in [0.4, 0.5) is 9.93 Å². The fraction of sp³-hybridized carbons (Fsp3) is 0.333. The Hall–Kier alpha value is -2.68. The molecule has 0 radical (unpaired) electrons. The first kappa shape index (κ1) is 16.2. The summed E-state index contributed by atoms with van der Waals surface area (Å²) in [6.07, 6.45) is 6.60. The average Bonchev–Trinajstić information content (AvgIpc) is 3.24. The Morgan fingerprint density at radius 3 is 3.04 bits per heavy atom. The molecule has 2 aromatic heterocycles. The van der Waals surface area contributed by atoms with Gasteiger partial charge in [-0.2, -0.15) is 0 Å². The number of nitrogens with one attached hydrogen (secondary N) is 1. The largest absolute Gasteiger partial charge is 0.465 e. The molecular weight excluding hydrogens is 330 g/mol. The summed E-state index contributed by atoms with van der Waals surface area (Å²) in [5.41, 5.74) is 5.33. The van der Waals surface area contributed by atoms with E-state index in [1.54, 1.807) is 29.4 Å². The summed E-state index contributed by atoms with van der Waals surface area (Å²) in [6, 6.07) is 3.33. The number of urea groups is 1. The van der Waals surface area contributed by atoms with E-state index in [4.69, 9.17) is 10.2 Å². The number of rotatable bonds is 4. The lowest BCUT2D eigenvalue weighted by molar-refractivity contribution is -0.123. The number of hydrogen-bond donors (Lipinski definition) is 2. The molecule has 1 unspecified atom stereocenters. The Labute approximate surface area is 142 Å². The van der Waals surface area contributed by atoms with E-state index in [9.17, 15) is 9.59 Å². The van der Waals surface area contributed by atoms with Crippen molar-refractivity contribution in [2.45, 2.75) is 12.8 Å². The molecule has 1 saturated heterocycles. The molecule has 3 heterocycles. The van der Waals surface area contributed by atoms with Gasteiger partial charge < -0.3 is 15.1 Å². The van der Waals surface area contributed by atoms with Gasteiger partial charge in [-0.1, -0.05) is 11.3 Å².